The highest BCUT2D eigenvalue weighted by Gasteiger charge is 2.28. The molecule has 7 heteroatoms. The number of benzene rings is 2. The van der Waals surface area contributed by atoms with Crippen LogP contribution in [-0.4, -0.2) is 47.4 Å². The zero-order chi connectivity index (χ0) is 30.3. The molecule has 0 radical (unpaired) electrons. The van der Waals surface area contributed by atoms with Crippen molar-refractivity contribution in [1.82, 2.24) is 10.2 Å². The molecule has 2 unspecified atom stereocenters. The maximum atomic E-state index is 13.5. The average molecular weight is 570 g/mol. The quantitative estimate of drug-likeness (QED) is 0.371. The van der Waals surface area contributed by atoms with Crippen LogP contribution in [0.25, 0.3) is 0 Å². The molecule has 2 atom stereocenters. The molecule has 0 spiro atoms. The standard InChI is InChI=1S/C35H43N3O4/c1-24-10-13-30(33(40)28-8-5-7-26(16-17-28)27-14-11-25(22-36)12-15-27)21-29(24)18-19-32(39)37-31-9-6-20-38(23-31)34(41)42-35(2,3)4/h8,10-15,21,26,31H,5-7,9,16-20,23H2,1-4H3,(H,37,39). The molecule has 0 aromatic heterocycles. The lowest BCUT2D eigenvalue weighted by Crippen LogP contribution is -2.50. The van der Waals surface area contributed by atoms with Crippen LogP contribution in [0.3, 0.4) is 0 Å². The molecule has 2 aromatic rings. The highest BCUT2D eigenvalue weighted by atomic mass is 16.6. The molecule has 1 fully saturated rings. The molecule has 2 amide bonds. The van der Waals surface area contributed by atoms with Crippen molar-refractivity contribution in [2.45, 2.75) is 96.6 Å². The number of aryl methyl sites for hydroxylation is 2. The van der Waals surface area contributed by atoms with E-state index in [1.54, 1.807) is 4.90 Å². The van der Waals surface area contributed by atoms with Crippen molar-refractivity contribution in [2.24, 2.45) is 0 Å². The molecule has 1 heterocycles. The van der Waals surface area contributed by atoms with E-state index in [1.807, 2.05) is 70.2 Å². The summed E-state index contributed by atoms with van der Waals surface area (Å²) in [5, 5.41) is 12.2. The number of nitrogens with zero attached hydrogens (tertiary/aromatic N) is 2. The molecule has 2 aliphatic rings. The summed E-state index contributed by atoms with van der Waals surface area (Å²) in [7, 11) is 0. The normalized spacial score (nSPS) is 19.2. The Kier molecular flexibility index (Phi) is 10.2. The van der Waals surface area contributed by atoms with Crippen molar-refractivity contribution in [3.05, 3.63) is 81.9 Å². The summed E-state index contributed by atoms with van der Waals surface area (Å²) in [5.41, 5.74) is 4.90. The van der Waals surface area contributed by atoms with E-state index in [9.17, 15) is 14.4 Å². The summed E-state index contributed by atoms with van der Waals surface area (Å²) >= 11 is 0. The first-order valence-electron chi connectivity index (χ1n) is 15.1. The average Bonchev–Trinajstić information content (AvgIpc) is 3.22. The van der Waals surface area contributed by atoms with Crippen LogP contribution in [0, 0.1) is 18.3 Å². The Morgan fingerprint density at radius 3 is 2.55 bits per heavy atom. The second kappa shape index (κ2) is 13.8. The number of rotatable bonds is 7. The first-order chi connectivity index (χ1) is 20.0. The number of carbonyl (C=O) groups is 3. The van der Waals surface area contributed by atoms with Gasteiger partial charge in [0.15, 0.2) is 5.78 Å². The Labute approximate surface area is 249 Å². The van der Waals surface area contributed by atoms with Gasteiger partial charge in [-0.05, 0) is 119 Å². The molecule has 4 rings (SSSR count). The first-order valence-corrected chi connectivity index (χ1v) is 15.1. The van der Waals surface area contributed by atoms with E-state index < -0.39 is 5.60 Å². The van der Waals surface area contributed by atoms with Crippen LogP contribution >= 0.6 is 0 Å². The lowest BCUT2D eigenvalue weighted by Gasteiger charge is -2.34. The maximum absolute atomic E-state index is 13.5. The van der Waals surface area contributed by atoms with Crippen molar-refractivity contribution in [2.75, 3.05) is 13.1 Å². The van der Waals surface area contributed by atoms with E-state index in [2.05, 4.69) is 17.5 Å². The van der Waals surface area contributed by atoms with Gasteiger partial charge in [-0.2, -0.15) is 5.26 Å². The van der Waals surface area contributed by atoms with Gasteiger partial charge < -0.3 is 15.0 Å². The topological polar surface area (TPSA) is 99.5 Å². The van der Waals surface area contributed by atoms with Gasteiger partial charge in [0, 0.05) is 31.1 Å². The van der Waals surface area contributed by atoms with E-state index in [0.29, 0.717) is 43.0 Å². The summed E-state index contributed by atoms with van der Waals surface area (Å²) < 4.78 is 5.50. The number of allylic oxidation sites excluding steroid dienone is 2. The minimum Gasteiger partial charge on any atom is -0.444 e. The summed E-state index contributed by atoms with van der Waals surface area (Å²) in [6.07, 6.45) is 7.69. The maximum Gasteiger partial charge on any atom is 0.410 e. The highest BCUT2D eigenvalue weighted by molar-refractivity contribution is 6.08. The van der Waals surface area contributed by atoms with Gasteiger partial charge in [-0.25, -0.2) is 4.79 Å². The van der Waals surface area contributed by atoms with Gasteiger partial charge in [-0.3, -0.25) is 9.59 Å². The van der Waals surface area contributed by atoms with Crippen LogP contribution in [0.15, 0.2) is 54.1 Å². The Bertz CT molecular complexity index is 1360. The van der Waals surface area contributed by atoms with E-state index in [1.165, 1.54) is 5.56 Å². The predicted octanol–water partition coefficient (Wildman–Crippen LogP) is 6.78. The molecular weight excluding hydrogens is 526 g/mol. The molecular formula is C35H43N3O4. The number of likely N-dealkylation sites (tertiary alicyclic amines) is 1. The van der Waals surface area contributed by atoms with Crippen LogP contribution in [0.5, 0.6) is 0 Å². The van der Waals surface area contributed by atoms with E-state index in [-0.39, 0.29) is 23.8 Å². The zero-order valence-electron chi connectivity index (χ0n) is 25.4. The molecule has 0 saturated carbocycles. The third-order valence-corrected chi connectivity index (χ3v) is 8.14. The van der Waals surface area contributed by atoms with Gasteiger partial charge in [0.1, 0.15) is 5.60 Å². The molecule has 1 saturated heterocycles. The van der Waals surface area contributed by atoms with Gasteiger partial charge >= 0.3 is 6.09 Å². The number of hydrogen-bond donors (Lipinski definition) is 1. The van der Waals surface area contributed by atoms with Crippen LogP contribution in [0.1, 0.15) is 104 Å². The fourth-order valence-electron chi connectivity index (χ4n) is 5.81. The fourth-order valence-corrected chi connectivity index (χ4v) is 5.81. The number of amides is 2. The molecule has 7 nitrogen and oxygen atoms in total. The van der Waals surface area contributed by atoms with Gasteiger partial charge in [0.25, 0.3) is 0 Å². The van der Waals surface area contributed by atoms with Crippen molar-refractivity contribution in [1.29, 1.82) is 5.26 Å². The molecule has 0 bridgehead atoms. The number of ether oxygens (including phenoxy) is 1. The van der Waals surface area contributed by atoms with E-state index >= 15 is 0 Å². The minimum absolute atomic E-state index is 0.0533. The van der Waals surface area contributed by atoms with Crippen molar-refractivity contribution in [3.8, 4) is 6.07 Å². The Morgan fingerprint density at radius 1 is 1.07 bits per heavy atom. The number of ketones is 1. The van der Waals surface area contributed by atoms with Gasteiger partial charge in [-0.1, -0.05) is 30.3 Å². The predicted molar refractivity (Wildman–Crippen MR) is 163 cm³/mol. The van der Waals surface area contributed by atoms with Gasteiger partial charge in [0.2, 0.25) is 5.91 Å². The lowest BCUT2D eigenvalue weighted by atomic mass is 9.89. The Balaban J connectivity index is 1.31. The number of Topliss-reactive ketones (excluding diaryl/α,β-unsaturated/α-hetero) is 1. The third kappa shape index (κ3) is 8.55. The largest absolute Gasteiger partial charge is 0.444 e. The van der Waals surface area contributed by atoms with Gasteiger partial charge in [-0.15, -0.1) is 0 Å². The summed E-state index contributed by atoms with van der Waals surface area (Å²) in [6.45, 7) is 8.63. The Hall–Kier alpha value is -3.92. The second-order valence-electron chi connectivity index (χ2n) is 12.6. The number of piperidine rings is 1. The van der Waals surface area contributed by atoms with Crippen molar-refractivity contribution < 1.29 is 19.1 Å². The zero-order valence-corrected chi connectivity index (χ0v) is 25.4. The number of hydrogen-bond acceptors (Lipinski definition) is 5. The third-order valence-electron chi connectivity index (χ3n) is 8.14. The molecule has 222 valence electrons. The van der Waals surface area contributed by atoms with Crippen LogP contribution in [0.4, 0.5) is 4.79 Å². The first kappa shape index (κ1) is 31.0. The number of nitrogens with one attached hydrogen (secondary N) is 1. The van der Waals surface area contributed by atoms with Gasteiger partial charge in [0.05, 0.1) is 11.6 Å². The minimum atomic E-state index is -0.553. The van der Waals surface area contributed by atoms with Crippen molar-refractivity contribution in [3.63, 3.8) is 0 Å². The highest BCUT2D eigenvalue weighted by Crippen LogP contribution is 2.33. The molecule has 1 aliphatic heterocycles. The lowest BCUT2D eigenvalue weighted by molar-refractivity contribution is -0.122. The van der Waals surface area contributed by atoms with Crippen LogP contribution in [0.2, 0.25) is 0 Å². The number of nitriles is 1. The van der Waals surface area contributed by atoms with Crippen LogP contribution < -0.4 is 5.32 Å². The monoisotopic (exact) mass is 569 g/mol. The van der Waals surface area contributed by atoms with Crippen LogP contribution in [-0.2, 0) is 16.0 Å². The summed E-state index contributed by atoms with van der Waals surface area (Å²) in [4.78, 5) is 40.5. The summed E-state index contributed by atoms with van der Waals surface area (Å²) in [5.74, 6) is 0.375. The molecule has 2 aromatic carbocycles. The van der Waals surface area contributed by atoms with E-state index in [4.69, 9.17) is 10.00 Å². The smallest absolute Gasteiger partial charge is 0.410 e. The van der Waals surface area contributed by atoms with E-state index in [0.717, 1.165) is 55.2 Å². The second-order valence-corrected chi connectivity index (χ2v) is 12.6. The molecule has 1 aliphatic carbocycles. The number of carbonyl (C=O) groups excluding carboxylic acids is 3. The fraction of sp³-hybridized carbons (Fsp3) is 0.486. The summed E-state index contributed by atoms with van der Waals surface area (Å²) in [6, 6.07) is 15.7. The molecule has 42 heavy (non-hydrogen) atoms. The molecule has 1 N–H and O–H groups in total. The Morgan fingerprint density at radius 2 is 1.83 bits per heavy atom. The van der Waals surface area contributed by atoms with Crippen molar-refractivity contribution >= 4 is 17.8 Å². The SMILES string of the molecule is Cc1ccc(C(=O)C2=CCCC(c3ccc(C#N)cc3)CC2)cc1CCC(=O)NC1CCCN(C(=O)OC(C)(C)C)C1.